The lowest BCUT2D eigenvalue weighted by Gasteiger charge is -2.06. The maximum absolute atomic E-state index is 12.6. The second-order valence-electron chi connectivity index (χ2n) is 6.15. The number of furan rings is 1. The molecule has 3 heterocycles. The minimum absolute atomic E-state index is 0.252. The Bertz CT molecular complexity index is 1080. The summed E-state index contributed by atoms with van der Waals surface area (Å²) in [4.78, 5) is 16.7. The summed E-state index contributed by atoms with van der Waals surface area (Å²) in [6.07, 6.45) is 5.79. The van der Waals surface area contributed by atoms with E-state index < -0.39 is 0 Å². The summed E-state index contributed by atoms with van der Waals surface area (Å²) in [5.74, 6) is 0.361. The number of carbonyl (C=O) groups is 1. The summed E-state index contributed by atoms with van der Waals surface area (Å²) >= 11 is 6.12. The highest BCUT2D eigenvalue weighted by atomic mass is 35.5. The third-order valence-corrected chi connectivity index (χ3v) is 4.43. The first-order valence-corrected chi connectivity index (χ1v) is 9.15. The Labute approximate surface area is 166 Å². The van der Waals surface area contributed by atoms with Gasteiger partial charge in [0.1, 0.15) is 5.69 Å². The van der Waals surface area contributed by atoms with Crippen molar-refractivity contribution < 1.29 is 9.21 Å². The lowest BCUT2D eigenvalue weighted by atomic mass is 10.2. The molecule has 0 saturated carbocycles. The van der Waals surface area contributed by atoms with Crippen LogP contribution in [0.3, 0.4) is 0 Å². The third kappa shape index (κ3) is 3.97. The summed E-state index contributed by atoms with van der Waals surface area (Å²) in [6.45, 7) is 0.491. The Balaban J connectivity index is 1.57. The van der Waals surface area contributed by atoms with E-state index in [1.165, 1.54) is 0 Å². The van der Waals surface area contributed by atoms with Crippen LogP contribution in [-0.4, -0.2) is 27.2 Å². The van der Waals surface area contributed by atoms with Crippen LogP contribution in [-0.2, 0) is 6.42 Å². The number of amides is 1. The molecule has 3 aromatic heterocycles. The first kappa shape index (κ1) is 18.0. The molecular formula is C21H17ClN4O2. The fourth-order valence-electron chi connectivity index (χ4n) is 2.85. The first-order chi connectivity index (χ1) is 13.7. The second kappa shape index (κ2) is 8.10. The number of benzene rings is 1. The van der Waals surface area contributed by atoms with Crippen molar-refractivity contribution in [1.82, 2.24) is 20.1 Å². The van der Waals surface area contributed by atoms with Gasteiger partial charge in [-0.05, 0) is 48.4 Å². The number of nitrogens with one attached hydrogen (secondary N) is 1. The topological polar surface area (TPSA) is 73.0 Å². The van der Waals surface area contributed by atoms with Gasteiger partial charge < -0.3 is 9.73 Å². The van der Waals surface area contributed by atoms with Crippen LogP contribution in [0, 0.1) is 0 Å². The van der Waals surface area contributed by atoms with Crippen LogP contribution < -0.4 is 5.32 Å². The average molecular weight is 393 g/mol. The molecule has 4 aromatic rings. The Kier molecular flexibility index (Phi) is 5.21. The molecule has 0 atom stereocenters. The molecule has 0 fully saturated rings. The Morgan fingerprint density at radius 3 is 2.82 bits per heavy atom. The average Bonchev–Trinajstić information content (AvgIpc) is 3.38. The van der Waals surface area contributed by atoms with E-state index in [9.17, 15) is 4.79 Å². The number of pyridine rings is 1. The monoisotopic (exact) mass is 392 g/mol. The molecule has 0 spiro atoms. The van der Waals surface area contributed by atoms with Crippen molar-refractivity contribution in [3.05, 3.63) is 89.5 Å². The highest BCUT2D eigenvalue weighted by Gasteiger charge is 2.18. The molecular weight excluding hydrogens is 376 g/mol. The number of hydrogen-bond donors (Lipinski definition) is 1. The van der Waals surface area contributed by atoms with Gasteiger partial charge in [0.15, 0.2) is 11.5 Å². The van der Waals surface area contributed by atoms with E-state index in [1.54, 1.807) is 47.6 Å². The second-order valence-corrected chi connectivity index (χ2v) is 6.59. The molecule has 0 radical (unpaired) electrons. The molecule has 28 heavy (non-hydrogen) atoms. The predicted molar refractivity (Wildman–Crippen MR) is 107 cm³/mol. The fraction of sp³-hybridized carbons (Fsp3) is 0.0952. The number of nitrogens with zero attached hydrogens (tertiary/aromatic N) is 3. The van der Waals surface area contributed by atoms with E-state index in [0.29, 0.717) is 35.1 Å². The molecule has 0 aliphatic carbocycles. The number of aromatic nitrogens is 3. The number of hydrogen-bond acceptors (Lipinski definition) is 4. The zero-order valence-electron chi connectivity index (χ0n) is 14.9. The van der Waals surface area contributed by atoms with Crippen molar-refractivity contribution in [3.8, 4) is 17.1 Å². The largest absolute Gasteiger partial charge is 0.463 e. The molecule has 7 heteroatoms. The minimum Gasteiger partial charge on any atom is -0.463 e. The summed E-state index contributed by atoms with van der Waals surface area (Å²) in [5.41, 5.74) is 2.78. The number of halogens is 1. The van der Waals surface area contributed by atoms with Crippen LogP contribution in [0.5, 0.6) is 0 Å². The fourth-order valence-corrected chi connectivity index (χ4v) is 3.04. The maximum atomic E-state index is 12.6. The summed E-state index contributed by atoms with van der Waals surface area (Å²) in [7, 11) is 0. The zero-order valence-corrected chi connectivity index (χ0v) is 15.6. The van der Waals surface area contributed by atoms with Gasteiger partial charge in [0.25, 0.3) is 5.91 Å². The van der Waals surface area contributed by atoms with Crippen LogP contribution in [0.4, 0.5) is 0 Å². The lowest BCUT2D eigenvalue weighted by Crippen LogP contribution is -2.26. The van der Waals surface area contributed by atoms with E-state index in [-0.39, 0.29) is 5.91 Å². The molecule has 0 bridgehead atoms. The highest BCUT2D eigenvalue weighted by Crippen LogP contribution is 2.25. The summed E-state index contributed by atoms with van der Waals surface area (Å²) in [6, 6.07) is 16.4. The number of carbonyl (C=O) groups excluding carboxylic acids is 1. The van der Waals surface area contributed by atoms with E-state index in [4.69, 9.17) is 16.0 Å². The van der Waals surface area contributed by atoms with Crippen LogP contribution in [0.15, 0.2) is 77.7 Å². The minimum atomic E-state index is -0.252. The van der Waals surface area contributed by atoms with Gasteiger partial charge in [0.05, 0.1) is 12.0 Å². The van der Waals surface area contributed by atoms with Gasteiger partial charge in [-0.25, -0.2) is 4.68 Å². The van der Waals surface area contributed by atoms with Crippen molar-refractivity contribution in [2.75, 3.05) is 6.54 Å². The Morgan fingerprint density at radius 1 is 1.14 bits per heavy atom. The normalized spacial score (nSPS) is 10.8. The van der Waals surface area contributed by atoms with Crippen LogP contribution in [0.25, 0.3) is 17.1 Å². The first-order valence-electron chi connectivity index (χ1n) is 8.78. The number of rotatable bonds is 6. The zero-order chi connectivity index (χ0) is 19.3. The van der Waals surface area contributed by atoms with Gasteiger partial charge in [-0.1, -0.05) is 23.7 Å². The lowest BCUT2D eigenvalue weighted by molar-refractivity contribution is 0.0948. The molecule has 1 aromatic carbocycles. The van der Waals surface area contributed by atoms with Gasteiger partial charge in [0.2, 0.25) is 0 Å². The van der Waals surface area contributed by atoms with Crippen LogP contribution in [0.2, 0.25) is 5.02 Å². The molecule has 0 aliphatic rings. The van der Waals surface area contributed by atoms with Crippen molar-refractivity contribution in [1.29, 1.82) is 0 Å². The van der Waals surface area contributed by atoms with Crippen molar-refractivity contribution >= 4 is 17.5 Å². The molecule has 4 rings (SSSR count). The molecule has 0 aliphatic heterocycles. The maximum Gasteiger partial charge on any atom is 0.271 e. The molecule has 1 N–H and O–H groups in total. The van der Waals surface area contributed by atoms with E-state index in [2.05, 4.69) is 15.4 Å². The molecule has 6 nitrogen and oxygen atoms in total. The van der Waals surface area contributed by atoms with Crippen LogP contribution >= 0.6 is 11.6 Å². The van der Waals surface area contributed by atoms with Gasteiger partial charge >= 0.3 is 0 Å². The molecule has 1 amide bonds. The van der Waals surface area contributed by atoms with Gasteiger partial charge in [0, 0.05) is 30.0 Å². The van der Waals surface area contributed by atoms with E-state index >= 15 is 0 Å². The Morgan fingerprint density at radius 2 is 2.07 bits per heavy atom. The highest BCUT2D eigenvalue weighted by molar-refractivity contribution is 6.30. The SMILES string of the molecule is O=C(NCCc1cccnc1)c1cc(-c2ccco2)n(-c2cccc(Cl)c2)n1. The van der Waals surface area contributed by atoms with Gasteiger partial charge in [-0.3, -0.25) is 9.78 Å². The van der Waals surface area contributed by atoms with Crippen LogP contribution in [0.1, 0.15) is 16.1 Å². The summed E-state index contributed by atoms with van der Waals surface area (Å²) in [5, 5.41) is 7.96. The van der Waals surface area contributed by atoms with Crippen molar-refractivity contribution in [2.45, 2.75) is 6.42 Å². The van der Waals surface area contributed by atoms with E-state index in [1.807, 2.05) is 30.3 Å². The van der Waals surface area contributed by atoms with E-state index in [0.717, 1.165) is 11.3 Å². The predicted octanol–water partition coefficient (Wildman–Crippen LogP) is 4.15. The smallest absolute Gasteiger partial charge is 0.271 e. The van der Waals surface area contributed by atoms with Crippen molar-refractivity contribution in [3.63, 3.8) is 0 Å². The quantitative estimate of drug-likeness (QED) is 0.535. The third-order valence-electron chi connectivity index (χ3n) is 4.19. The standard InChI is InChI=1S/C21H17ClN4O2/c22-16-5-1-6-17(12-16)26-19(20-7-3-11-28-20)13-18(25-26)21(27)24-10-8-15-4-2-9-23-14-15/h1-7,9,11-14H,8,10H2,(H,24,27). The molecule has 140 valence electrons. The van der Waals surface area contributed by atoms with Crippen molar-refractivity contribution in [2.24, 2.45) is 0 Å². The van der Waals surface area contributed by atoms with Gasteiger partial charge in [-0.15, -0.1) is 0 Å². The summed E-state index contributed by atoms with van der Waals surface area (Å²) < 4.78 is 7.17. The molecule has 0 saturated heterocycles. The Hall–Kier alpha value is -3.38. The van der Waals surface area contributed by atoms with Gasteiger partial charge in [-0.2, -0.15) is 5.10 Å². The molecule has 0 unspecified atom stereocenters.